The SMILES string of the molecule is S=C(NC[C@@H]1CCCO1)N/N=C\c1ccc(-c2ccccc2)cc1. The van der Waals surface area contributed by atoms with Gasteiger partial charge in [-0.3, -0.25) is 5.43 Å². The summed E-state index contributed by atoms with van der Waals surface area (Å²) < 4.78 is 5.54. The quantitative estimate of drug-likeness (QED) is 0.498. The van der Waals surface area contributed by atoms with E-state index in [4.69, 9.17) is 17.0 Å². The third kappa shape index (κ3) is 4.88. The van der Waals surface area contributed by atoms with Gasteiger partial charge in [0.2, 0.25) is 0 Å². The van der Waals surface area contributed by atoms with Gasteiger partial charge in [-0.1, -0.05) is 54.6 Å². The fraction of sp³-hybridized carbons (Fsp3) is 0.263. The van der Waals surface area contributed by atoms with Gasteiger partial charge in [-0.05, 0) is 41.7 Å². The summed E-state index contributed by atoms with van der Waals surface area (Å²) in [6, 6.07) is 18.6. The van der Waals surface area contributed by atoms with E-state index >= 15 is 0 Å². The van der Waals surface area contributed by atoms with E-state index in [-0.39, 0.29) is 6.10 Å². The minimum Gasteiger partial charge on any atom is -0.376 e. The van der Waals surface area contributed by atoms with Crippen LogP contribution in [0, 0.1) is 0 Å². The van der Waals surface area contributed by atoms with Crippen LogP contribution in [0.15, 0.2) is 59.7 Å². The number of benzene rings is 2. The number of hydrogen-bond donors (Lipinski definition) is 2. The number of thiocarbonyl (C=S) groups is 1. The van der Waals surface area contributed by atoms with Gasteiger partial charge in [-0.15, -0.1) is 0 Å². The number of nitrogens with zero attached hydrogens (tertiary/aromatic N) is 1. The predicted molar refractivity (Wildman–Crippen MR) is 102 cm³/mol. The zero-order valence-electron chi connectivity index (χ0n) is 13.4. The van der Waals surface area contributed by atoms with Crippen LogP contribution in [-0.2, 0) is 4.74 Å². The number of nitrogens with one attached hydrogen (secondary N) is 2. The van der Waals surface area contributed by atoms with Crippen molar-refractivity contribution >= 4 is 23.5 Å². The van der Waals surface area contributed by atoms with Crippen molar-refractivity contribution in [3.63, 3.8) is 0 Å². The third-order valence-electron chi connectivity index (χ3n) is 3.91. The van der Waals surface area contributed by atoms with Crippen molar-refractivity contribution in [2.45, 2.75) is 18.9 Å². The lowest BCUT2D eigenvalue weighted by atomic mass is 10.0. The van der Waals surface area contributed by atoms with Crippen molar-refractivity contribution in [1.29, 1.82) is 0 Å². The highest BCUT2D eigenvalue weighted by Crippen LogP contribution is 2.18. The first kappa shape index (κ1) is 16.6. The Balaban J connectivity index is 1.46. The van der Waals surface area contributed by atoms with E-state index in [9.17, 15) is 0 Å². The summed E-state index contributed by atoms with van der Waals surface area (Å²) in [6.07, 6.45) is 4.24. The highest BCUT2D eigenvalue weighted by Gasteiger charge is 2.14. The van der Waals surface area contributed by atoms with E-state index in [0.29, 0.717) is 5.11 Å². The molecule has 4 nitrogen and oxygen atoms in total. The second kappa shape index (κ2) is 8.57. The molecule has 5 heteroatoms. The van der Waals surface area contributed by atoms with E-state index < -0.39 is 0 Å². The minimum absolute atomic E-state index is 0.263. The van der Waals surface area contributed by atoms with E-state index in [2.05, 4.69) is 40.1 Å². The van der Waals surface area contributed by atoms with E-state index in [1.165, 1.54) is 11.1 Å². The van der Waals surface area contributed by atoms with Crippen molar-refractivity contribution < 1.29 is 4.74 Å². The fourth-order valence-corrected chi connectivity index (χ4v) is 2.75. The summed E-state index contributed by atoms with van der Waals surface area (Å²) in [5, 5.41) is 7.81. The standard InChI is InChI=1S/C19H21N3OS/c24-19(20-14-18-7-4-12-23-18)22-21-13-15-8-10-17(11-9-15)16-5-2-1-3-6-16/h1-3,5-6,8-11,13,18H,4,7,12,14H2,(H2,20,22,24)/b21-13-/t18-/m0/s1. The molecule has 1 aliphatic rings. The summed E-state index contributed by atoms with van der Waals surface area (Å²) in [6.45, 7) is 1.58. The smallest absolute Gasteiger partial charge is 0.187 e. The summed E-state index contributed by atoms with van der Waals surface area (Å²) in [5.74, 6) is 0. The molecule has 2 N–H and O–H groups in total. The second-order valence-corrected chi connectivity index (χ2v) is 6.11. The van der Waals surface area contributed by atoms with Gasteiger partial charge >= 0.3 is 0 Å². The zero-order chi connectivity index (χ0) is 16.6. The molecule has 0 aromatic heterocycles. The van der Waals surface area contributed by atoms with Crippen LogP contribution in [0.4, 0.5) is 0 Å². The molecule has 0 spiro atoms. The van der Waals surface area contributed by atoms with Crippen molar-refractivity contribution in [1.82, 2.24) is 10.7 Å². The molecule has 0 unspecified atom stereocenters. The Kier molecular flexibility index (Phi) is 5.93. The number of hydrogen-bond acceptors (Lipinski definition) is 3. The molecule has 1 saturated heterocycles. The Bertz CT molecular complexity index is 680. The molecule has 2 aromatic rings. The van der Waals surface area contributed by atoms with Gasteiger partial charge < -0.3 is 10.1 Å². The van der Waals surface area contributed by atoms with Crippen LogP contribution in [0.25, 0.3) is 11.1 Å². The zero-order valence-corrected chi connectivity index (χ0v) is 14.3. The third-order valence-corrected chi connectivity index (χ3v) is 4.15. The molecule has 3 rings (SSSR count). The topological polar surface area (TPSA) is 45.6 Å². The summed E-state index contributed by atoms with van der Waals surface area (Å²) in [7, 11) is 0. The molecule has 0 amide bonds. The van der Waals surface area contributed by atoms with Gasteiger partial charge in [0.15, 0.2) is 5.11 Å². The van der Waals surface area contributed by atoms with Crippen LogP contribution in [0.3, 0.4) is 0 Å². The second-order valence-electron chi connectivity index (χ2n) is 5.70. The molecule has 0 radical (unpaired) electrons. The highest BCUT2D eigenvalue weighted by atomic mass is 32.1. The molecule has 1 aliphatic heterocycles. The van der Waals surface area contributed by atoms with Crippen LogP contribution in [-0.4, -0.2) is 30.6 Å². The van der Waals surface area contributed by atoms with Gasteiger partial charge in [0.25, 0.3) is 0 Å². The summed E-state index contributed by atoms with van der Waals surface area (Å²) in [5.41, 5.74) is 6.25. The lowest BCUT2D eigenvalue weighted by Gasteiger charge is -2.11. The average Bonchev–Trinajstić information content (AvgIpc) is 3.15. The monoisotopic (exact) mass is 339 g/mol. The first-order valence-corrected chi connectivity index (χ1v) is 8.56. The molecule has 0 bridgehead atoms. The van der Waals surface area contributed by atoms with Crippen LogP contribution < -0.4 is 10.7 Å². The normalized spacial score (nSPS) is 17.1. The van der Waals surface area contributed by atoms with Crippen molar-refractivity contribution in [3.8, 4) is 11.1 Å². The lowest BCUT2D eigenvalue weighted by molar-refractivity contribution is 0.114. The van der Waals surface area contributed by atoms with Crippen LogP contribution >= 0.6 is 12.2 Å². The Labute approximate surface area is 147 Å². The number of hydrazone groups is 1. The molecule has 0 aliphatic carbocycles. The number of rotatable bonds is 5. The van der Waals surface area contributed by atoms with Gasteiger partial charge in [-0.25, -0.2) is 0 Å². The Hall–Kier alpha value is -2.24. The van der Waals surface area contributed by atoms with Gasteiger partial charge in [0.05, 0.1) is 12.3 Å². The maximum absolute atomic E-state index is 5.54. The molecule has 1 fully saturated rings. The first-order chi connectivity index (χ1) is 11.8. The van der Waals surface area contributed by atoms with Crippen LogP contribution in [0.5, 0.6) is 0 Å². The molecule has 1 atom stereocenters. The highest BCUT2D eigenvalue weighted by molar-refractivity contribution is 7.80. The lowest BCUT2D eigenvalue weighted by Crippen LogP contribution is -2.37. The van der Waals surface area contributed by atoms with E-state index in [0.717, 1.165) is 31.6 Å². The first-order valence-electron chi connectivity index (χ1n) is 8.15. The van der Waals surface area contributed by atoms with E-state index in [1.54, 1.807) is 6.21 Å². The van der Waals surface area contributed by atoms with Crippen molar-refractivity contribution in [3.05, 3.63) is 60.2 Å². The molecule has 24 heavy (non-hydrogen) atoms. The summed E-state index contributed by atoms with van der Waals surface area (Å²) >= 11 is 5.20. The van der Waals surface area contributed by atoms with E-state index in [1.807, 2.05) is 30.3 Å². The minimum atomic E-state index is 0.263. The number of ether oxygens (including phenoxy) is 1. The Morgan fingerprint density at radius 1 is 1.12 bits per heavy atom. The fourth-order valence-electron chi connectivity index (χ4n) is 2.61. The molecular formula is C19H21N3OS. The largest absolute Gasteiger partial charge is 0.376 e. The Morgan fingerprint density at radius 3 is 2.58 bits per heavy atom. The average molecular weight is 339 g/mol. The van der Waals surface area contributed by atoms with Gasteiger partial charge in [0.1, 0.15) is 0 Å². The van der Waals surface area contributed by atoms with Gasteiger partial charge in [0, 0.05) is 13.2 Å². The van der Waals surface area contributed by atoms with Crippen LogP contribution in [0.2, 0.25) is 0 Å². The predicted octanol–water partition coefficient (Wildman–Crippen LogP) is 3.33. The molecule has 0 saturated carbocycles. The molecular weight excluding hydrogens is 318 g/mol. The van der Waals surface area contributed by atoms with Crippen molar-refractivity contribution in [2.75, 3.05) is 13.2 Å². The van der Waals surface area contributed by atoms with Crippen molar-refractivity contribution in [2.24, 2.45) is 5.10 Å². The molecule has 1 heterocycles. The molecule has 124 valence electrons. The maximum Gasteiger partial charge on any atom is 0.187 e. The van der Waals surface area contributed by atoms with Crippen LogP contribution in [0.1, 0.15) is 18.4 Å². The summed E-state index contributed by atoms with van der Waals surface area (Å²) in [4.78, 5) is 0. The molecule has 2 aromatic carbocycles. The maximum atomic E-state index is 5.54. The van der Waals surface area contributed by atoms with Gasteiger partial charge in [-0.2, -0.15) is 5.10 Å². The Morgan fingerprint density at radius 2 is 1.88 bits per heavy atom.